The van der Waals surface area contributed by atoms with Crippen LogP contribution in [0.3, 0.4) is 0 Å². The van der Waals surface area contributed by atoms with Crippen LogP contribution in [0.4, 0.5) is 0 Å². The molecule has 2 amide bonds. The van der Waals surface area contributed by atoms with Gasteiger partial charge < -0.3 is 4.84 Å². The van der Waals surface area contributed by atoms with Crippen molar-refractivity contribution in [2.45, 2.75) is 13.0 Å². The van der Waals surface area contributed by atoms with Gasteiger partial charge in [0.15, 0.2) is 0 Å². The van der Waals surface area contributed by atoms with Crippen LogP contribution in [-0.4, -0.2) is 35.1 Å². The van der Waals surface area contributed by atoms with E-state index in [-0.39, 0.29) is 11.8 Å². The summed E-state index contributed by atoms with van der Waals surface area (Å²) in [4.78, 5) is 30.4. The number of likely N-dealkylation sites (N-methyl/N-ethyl adjacent to an activating group) is 1. The summed E-state index contributed by atoms with van der Waals surface area (Å²) in [6.45, 7) is 2.15. The van der Waals surface area contributed by atoms with Gasteiger partial charge in [-0.2, -0.15) is 0 Å². The molecule has 2 heterocycles. The minimum Gasteiger partial charge on any atom is -0.381 e. The van der Waals surface area contributed by atoms with Gasteiger partial charge in [-0.1, -0.05) is 35.5 Å². The molecule has 92 valence electrons. The van der Waals surface area contributed by atoms with E-state index >= 15 is 0 Å². The summed E-state index contributed by atoms with van der Waals surface area (Å²) in [7, 11) is 0. The molecule has 2 aliphatic rings. The van der Waals surface area contributed by atoms with Crippen LogP contribution in [0.1, 0.15) is 12.5 Å². The zero-order chi connectivity index (χ0) is 12.7. The van der Waals surface area contributed by atoms with Crippen molar-refractivity contribution in [3.63, 3.8) is 0 Å². The van der Waals surface area contributed by atoms with Crippen LogP contribution >= 0.6 is 0 Å². The van der Waals surface area contributed by atoms with E-state index in [1.807, 2.05) is 30.3 Å². The Morgan fingerprint density at radius 3 is 2.61 bits per heavy atom. The molecule has 1 aromatic carbocycles. The third kappa shape index (κ3) is 1.37. The number of hydrogen-bond donors (Lipinski definition) is 0. The third-order valence-electron chi connectivity index (χ3n) is 3.29. The summed E-state index contributed by atoms with van der Waals surface area (Å²) < 4.78 is 0. The Morgan fingerprint density at radius 2 is 1.94 bits per heavy atom. The second-order valence-corrected chi connectivity index (χ2v) is 4.27. The summed E-state index contributed by atoms with van der Waals surface area (Å²) in [6, 6.07) is 9.33. The molecule has 0 radical (unpaired) electrons. The molecular formula is C13H12N2O3. The van der Waals surface area contributed by atoms with Gasteiger partial charge in [-0.05, 0) is 6.92 Å². The number of likely N-dealkylation sites (tertiary alicyclic amines) is 1. The highest BCUT2D eigenvalue weighted by atomic mass is 16.6. The Kier molecular flexibility index (Phi) is 2.40. The molecule has 2 aliphatic heterocycles. The molecule has 0 aliphatic carbocycles. The summed E-state index contributed by atoms with van der Waals surface area (Å²) in [5, 5.41) is 3.91. The molecule has 2 atom stereocenters. The van der Waals surface area contributed by atoms with Crippen molar-refractivity contribution in [3.8, 4) is 0 Å². The zero-order valence-electron chi connectivity index (χ0n) is 9.87. The van der Waals surface area contributed by atoms with E-state index in [1.165, 1.54) is 4.90 Å². The van der Waals surface area contributed by atoms with Crippen LogP contribution in [0.2, 0.25) is 0 Å². The molecule has 3 rings (SSSR count). The molecule has 1 saturated heterocycles. The van der Waals surface area contributed by atoms with E-state index in [2.05, 4.69) is 5.16 Å². The lowest BCUT2D eigenvalue weighted by molar-refractivity contribution is -0.141. The minimum atomic E-state index is -0.771. The average molecular weight is 244 g/mol. The first-order valence-electron chi connectivity index (χ1n) is 5.88. The summed E-state index contributed by atoms with van der Waals surface area (Å²) in [5.74, 6) is -1.09. The molecular weight excluding hydrogens is 232 g/mol. The molecule has 1 aromatic rings. The fraction of sp³-hybridized carbons (Fsp3) is 0.308. The van der Waals surface area contributed by atoms with Crippen LogP contribution in [0.5, 0.6) is 0 Å². The van der Waals surface area contributed by atoms with Crippen molar-refractivity contribution in [3.05, 3.63) is 35.9 Å². The molecule has 0 bridgehead atoms. The van der Waals surface area contributed by atoms with E-state index in [0.717, 1.165) is 5.56 Å². The number of benzene rings is 1. The monoisotopic (exact) mass is 244 g/mol. The topological polar surface area (TPSA) is 59.0 Å². The maximum Gasteiger partial charge on any atom is 0.274 e. The Balaban J connectivity index is 1.98. The second kappa shape index (κ2) is 3.94. The van der Waals surface area contributed by atoms with Gasteiger partial charge in [-0.25, -0.2) is 0 Å². The normalized spacial score (nSPS) is 26.1. The fourth-order valence-electron chi connectivity index (χ4n) is 2.39. The largest absolute Gasteiger partial charge is 0.381 e. The number of oxime groups is 1. The SMILES string of the molecule is CCN1C(=O)C2ON=C(c3ccccc3)C2C1=O. The Hall–Kier alpha value is -2.17. The van der Waals surface area contributed by atoms with E-state index in [0.29, 0.717) is 12.3 Å². The summed E-state index contributed by atoms with van der Waals surface area (Å²) in [6.07, 6.45) is -0.771. The van der Waals surface area contributed by atoms with Gasteiger partial charge >= 0.3 is 0 Å². The lowest BCUT2D eigenvalue weighted by atomic mass is 9.94. The first-order chi connectivity index (χ1) is 8.74. The molecule has 0 saturated carbocycles. The van der Waals surface area contributed by atoms with Crippen LogP contribution in [0, 0.1) is 5.92 Å². The van der Waals surface area contributed by atoms with Crippen molar-refractivity contribution in [2.24, 2.45) is 11.1 Å². The Labute approximate surface area is 104 Å². The molecule has 5 heteroatoms. The standard InChI is InChI=1S/C13H12N2O3/c1-2-15-12(16)9-10(8-6-4-3-5-7-8)14-18-11(9)13(15)17/h3-7,9,11H,2H2,1H3. The molecule has 2 unspecified atom stereocenters. The van der Waals surface area contributed by atoms with Gasteiger partial charge in [0.1, 0.15) is 11.6 Å². The molecule has 5 nitrogen and oxygen atoms in total. The number of nitrogens with zero attached hydrogens (tertiary/aromatic N) is 2. The van der Waals surface area contributed by atoms with Crippen molar-refractivity contribution >= 4 is 17.5 Å². The number of rotatable bonds is 2. The fourth-order valence-corrected chi connectivity index (χ4v) is 2.39. The van der Waals surface area contributed by atoms with Crippen LogP contribution in [-0.2, 0) is 14.4 Å². The molecule has 1 fully saturated rings. The molecule has 0 N–H and O–H groups in total. The van der Waals surface area contributed by atoms with Crippen molar-refractivity contribution in [1.82, 2.24) is 4.90 Å². The van der Waals surface area contributed by atoms with E-state index in [4.69, 9.17) is 4.84 Å². The van der Waals surface area contributed by atoms with Gasteiger partial charge in [-0.15, -0.1) is 0 Å². The van der Waals surface area contributed by atoms with Gasteiger partial charge in [0.2, 0.25) is 12.0 Å². The Bertz CT molecular complexity index is 538. The summed E-state index contributed by atoms with van der Waals surface area (Å²) >= 11 is 0. The van der Waals surface area contributed by atoms with E-state index in [9.17, 15) is 9.59 Å². The number of amides is 2. The van der Waals surface area contributed by atoms with Crippen molar-refractivity contribution in [1.29, 1.82) is 0 Å². The summed E-state index contributed by atoms with van der Waals surface area (Å²) in [5.41, 5.74) is 1.37. The number of fused-ring (bicyclic) bond motifs is 1. The molecule has 18 heavy (non-hydrogen) atoms. The lowest BCUT2D eigenvalue weighted by Crippen LogP contribution is -2.32. The van der Waals surface area contributed by atoms with Gasteiger partial charge in [0.25, 0.3) is 5.91 Å². The number of carbonyl (C=O) groups excluding carboxylic acids is 2. The maximum absolute atomic E-state index is 12.2. The second-order valence-electron chi connectivity index (χ2n) is 4.27. The third-order valence-corrected chi connectivity index (χ3v) is 3.29. The Morgan fingerprint density at radius 1 is 1.22 bits per heavy atom. The van der Waals surface area contributed by atoms with Gasteiger partial charge in [0, 0.05) is 12.1 Å². The number of imide groups is 1. The smallest absolute Gasteiger partial charge is 0.274 e. The maximum atomic E-state index is 12.2. The number of carbonyl (C=O) groups is 2. The van der Waals surface area contributed by atoms with Gasteiger partial charge in [-0.3, -0.25) is 14.5 Å². The highest BCUT2D eigenvalue weighted by molar-refractivity contribution is 6.23. The van der Waals surface area contributed by atoms with E-state index in [1.54, 1.807) is 6.92 Å². The first kappa shape index (κ1) is 11.0. The van der Waals surface area contributed by atoms with Crippen LogP contribution in [0.15, 0.2) is 35.5 Å². The van der Waals surface area contributed by atoms with Crippen molar-refractivity contribution in [2.75, 3.05) is 6.54 Å². The minimum absolute atomic E-state index is 0.215. The first-order valence-corrected chi connectivity index (χ1v) is 5.88. The highest BCUT2D eigenvalue weighted by Crippen LogP contribution is 2.31. The number of hydrogen-bond acceptors (Lipinski definition) is 4. The van der Waals surface area contributed by atoms with E-state index < -0.39 is 12.0 Å². The molecule has 0 spiro atoms. The highest BCUT2D eigenvalue weighted by Gasteiger charge is 2.54. The van der Waals surface area contributed by atoms with Crippen LogP contribution in [0.25, 0.3) is 0 Å². The predicted molar refractivity (Wildman–Crippen MR) is 63.7 cm³/mol. The van der Waals surface area contributed by atoms with Crippen molar-refractivity contribution < 1.29 is 14.4 Å². The average Bonchev–Trinajstić information content (AvgIpc) is 2.93. The quantitative estimate of drug-likeness (QED) is 0.723. The van der Waals surface area contributed by atoms with Gasteiger partial charge in [0.05, 0.1) is 0 Å². The lowest BCUT2D eigenvalue weighted by Gasteiger charge is -2.11. The van der Waals surface area contributed by atoms with Crippen LogP contribution < -0.4 is 0 Å². The zero-order valence-corrected chi connectivity index (χ0v) is 9.87. The predicted octanol–water partition coefficient (Wildman–Crippen LogP) is 0.794. The molecule has 0 aromatic heterocycles.